The molecular weight excluding hydrogens is 393 g/mol. The zero-order valence-corrected chi connectivity index (χ0v) is 17.5. The average molecular weight is 420 g/mol. The van der Waals surface area contributed by atoms with E-state index in [9.17, 15) is 17.6 Å². The summed E-state index contributed by atoms with van der Waals surface area (Å²) < 4.78 is 39.5. The summed E-state index contributed by atoms with van der Waals surface area (Å²) >= 11 is 0. The molecule has 0 aromatic heterocycles. The predicted octanol–water partition coefficient (Wildman–Crippen LogP) is 2.10. The van der Waals surface area contributed by atoms with Crippen LogP contribution in [-0.2, 0) is 21.4 Å². The Morgan fingerprint density at radius 1 is 1.07 bits per heavy atom. The normalized spacial score (nSPS) is 15.7. The van der Waals surface area contributed by atoms with Gasteiger partial charge < -0.3 is 4.90 Å². The Labute approximate surface area is 171 Å². The Balaban J connectivity index is 1.54. The fraction of sp³-hybridized carbons (Fsp3) is 0.381. The van der Waals surface area contributed by atoms with Gasteiger partial charge in [0.1, 0.15) is 5.82 Å². The highest BCUT2D eigenvalue weighted by Crippen LogP contribution is 2.16. The van der Waals surface area contributed by atoms with Crippen LogP contribution in [0.2, 0.25) is 0 Å². The third-order valence-corrected chi connectivity index (χ3v) is 6.88. The van der Waals surface area contributed by atoms with Gasteiger partial charge in [-0.2, -0.15) is 4.31 Å². The van der Waals surface area contributed by atoms with Gasteiger partial charge in [0, 0.05) is 39.8 Å². The number of hydrogen-bond acceptors (Lipinski definition) is 4. The molecule has 3 rings (SSSR count). The molecule has 0 atom stereocenters. The zero-order chi connectivity index (χ0) is 21.0. The van der Waals surface area contributed by atoms with Crippen LogP contribution in [0.5, 0.6) is 0 Å². The van der Waals surface area contributed by atoms with E-state index < -0.39 is 15.8 Å². The van der Waals surface area contributed by atoms with Crippen LogP contribution in [0.25, 0.3) is 0 Å². The second-order valence-corrected chi connectivity index (χ2v) is 9.41. The summed E-state index contributed by atoms with van der Waals surface area (Å²) in [6.45, 7) is 5.21. The number of carbonyl (C=O) groups is 1. The van der Waals surface area contributed by atoms with Crippen molar-refractivity contribution in [3.8, 4) is 0 Å². The third kappa shape index (κ3) is 5.41. The van der Waals surface area contributed by atoms with Crippen molar-refractivity contribution >= 4 is 15.9 Å². The number of carbonyl (C=O) groups excluding carboxylic acids is 1. The Bertz CT molecular complexity index is 973. The van der Waals surface area contributed by atoms with Crippen LogP contribution in [0.15, 0.2) is 53.4 Å². The lowest BCUT2D eigenvalue weighted by atomic mass is 10.1. The number of halogens is 1. The largest absolute Gasteiger partial charge is 0.339 e. The first kappa shape index (κ1) is 21.4. The summed E-state index contributed by atoms with van der Waals surface area (Å²) in [6, 6.07) is 13.2. The van der Waals surface area contributed by atoms with Gasteiger partial charge in [-0.25, -0.2) is 12.8 Å². The van der Waals surface area contributed by atoms with Gasteiger partial charge >= 0.3 is 0 Å². The summed E-state index contributed by atoms with van der Waals surface area (Å²) in [7, 11) is -2.58. The SMILES string of the molecule is Cc1cccc(CN2CCN(C(=O)CN(C)S(=O)(=O)c3cccc(F)c3)CC2)c1. The Morgan fingerprint density at radius 3 is 2.41 bits per heavy atom. The van der Waals surface area contributed by atoms with Gasteiger partial charge in [0.05, 0.1) is 11.4 Å². The van der Waals surface area contributed by atoms with E-state index in [0.717, 1.165) is 30.0 Å². The minimum absolute atomic E-state index is 0.157. The number of piperazine rings is 1. The third-order valence-electron chi connectivity index (χ3n) is 5.08. The van der Waals surface area contributed by atoms with E-state index in [1.165, 1.54) is 36.4 Å². The van der Waals surface area contributed by atoms with Crippen molar-refractivity contribution in [2.45, 2.75) is 18.4 Å². The number of rotatable bonds is 6. The highest BCUT2D eigenvalue weighted by molar-refractivity contribution is 7.89. The monoisotopic (exact) mass is 419 g/mol. The Hall–Kier alpha value is -2.29. The van der Waals surface area contributed by atoms with Gasteiger partial charge in [-0.1, -0.05) is 35.9 Å². The van der Waals surface area contributed by atoms with Crippen LogP contribution < -0.4 is 0 Å². The number of hydrogen-bond donors (Lipinski definition) is 0. The van der Waals surface area contributed by atoms with E-state index in [1.807, 2.05) is 6.07 Å². The maximum Gasteiger partial charge on any atom is 0.243 e. The standard InChI is InChI=1S/C21H26FN3O3S/c1-17-5-3-6-18(13-17)15-24-9-11-25(12-10-24)21(26)16-23(2)29(27,28)20-8-4-7-19(22)14-20/h3-8,13-14H,9-12,15-16H2,1-2H3. The van der Waals surface area contributed by atoms with Crippen LogP contribution in [0, 0.1) is 12.7 Å². The van der Waals surface area contributed by atoms with Crippen molar-refractivity contribution in [3.05, 3.63) is 65.5 Å². The number of nitrogens with zero attached hydrogens (tertiary/aromatic N) is 3. The number of amides is 1. The Kier molecular flexibility index (Phi) is 6.66. The number of sulfonamides is 1. The fourth-order valence-electron chi connectivity index (χ4n) is 3.41. The molecule has 0 saturated carbocycles. The molecule has 1 aliphatic heterocycles. The maximum atomic E-state index is 13.4. The molecule has 0 aliphatic carbocycles. The zero-order valence-electron chi connectivity index (χ0n) is 16.7. The second kappa shape index (κ2) is 9.02. The molecule has 29 heavy (non-hydrogen) atoms. The highest BCUT2D eigenvalue weighted by Gasteiger charge is 2.27. The van der Waals surface area contributed by atoms with E-state index in [2.05, 4.69) is 30.0 Å². The van der Waals surface area contributed by atoms with Gasteiger partial charge in [-0.15, -0.1) is 0 Å². The lowest BCUT2D eigenvalue weighted by Crippen LogP contribution is -2.51. The molecule has 2 aromatic carbocycles. The van der Waals surface area contributed by atoms with E-state index in [4.69, 9.17) is 0 Å². The molecule has 0 spiro atoms. The molecule has 0 radical (unpaired) electrons. The second-order valence-electron chi connectivity index (χ2n) is 7.36. The van der Waals surface area contributed by atoms with Gasteiger partial charge in [-0.05, 0) is 30.7 Å². The van der Waals surface area contributed by atoms with Crippen LogP contribution in [0.3, 0.4) is 0 Å². The fourth-order valence-corrected chi connectivity index (χ4v) is 4.56. The number of aryl methyl sites for hydroxylation is 1. The molecule has 1 amide bonds. The van der Waals surface area contributed by atoms with Crippen LogP contribution in [-0.4, -0.2) is 68.2 Å². The molecule has 0 N–H and O–H groups in total. The van der Waals surface area contributed by atoms with Gasteiger partial charge in [0.2, 0.25) is 15.9 Å². The number of benzene rings is 2. The lowest BCUT2D eigenvalue weighted by molar-refractivity contribution is -0.133. The minimum atomic E-state index is -3.92. The summed E-state index contributed by atoms with van der Waals surface area (Å²) in [4.78, 5) is 16.4. The van der Waals surface area contributed by atoms with E-state index in [0.29, 0.717) is 13.1 Å². The van der Waals surface area contributed by atoms with Crippen LogP contribution in [0.1, 0.15) is 11.1 Å². The number of likely N-dealkylation sites (N-methyl/N-ethyl adjacent to an activating group) is 1. The average Bonchev–Trinajstić information content (AvgIpc) is 2.68. The topological polar surface area (TPSA) is 60.9 Å². The van der Waals surface area contributed by atoms with E-state index >= 15 is 0 Å². The predicted molar refractivity (Wildman–Crippen MR) is 109 cm³/mol. The van der Waals surface area contributed by atoms with Crippen molar-refractivity contribution in [2.24, 2.45) is 0 Å². The molecule has 156 valence electrons. The first-order valence-electron chi connectivity index (χ1n) is 9.53. The first-order chi connectivity index (χ1) is 13.8. The van der Waals surface area contributed by atoms with Crippen molar-refractivity contribution in [2.75, 3.05) is 39.8 Å². The minimum Gasteiger partial charge on any atom is -0.339 e. The molecule has 1 saturated heterocycles. The molecule has 6 nitrogen and oxygen atoms in total. The van der Waals surface area contributed by atoms with Gasteiger partial charge in [0.25, 0.3) is 0 Å². The quantitative estimate of drug-likeness (QED) is 0.720. The summed E-state index contributed by atoms with van der Waals surface area (Å²) in [5.41, 5.74) is 2.46. The maximum absolute atomic E-state index is 13.4. The molecule has 1 aliphatic rings. The van der Waals surface area contributed by atoms with Crippen LogP contribution >= 0.6 is 0 Å². The Morgan fingerprint density at radius 2 is 1.76 bits per heavy atom. The van der Waals surface area contributed by atoms with E-state index in [-0.39, 0.29) is 17.3 Å². The lowest BCUT2D eigenvalue weighted by Gasteiger charge is -2.35. The molecule has 0 unspecified atom stereocenters. The van der Waals surface area contributed by atoms with E-state index in [1.54, 1.807) is 4.90 Å². The summed E-state index contributed by atoms with van der Waals surface area (Å²) in [5.74, 6) is -0.877. The van der Waals surface area contributed by atoms with Crippen LogP contribution in [0.4, 0.5) is 4.39 Å². The van der Waals surface area contributed by atoms with Crippen molar-refractivity contribution in [1.82, 2.24) is 14.1 Å². The van der Waals surface area contributed by atoms with Gasteiger partial charge in [0.15, 0.2) is 0 Å². The summed E-state index contributed by atoms with van der Waals surface area (Å²) in [6.07, 6.45) is 0. The van der Waals surface area contributed by atoms with Crippen molar-refractivity contribution in [1.29, 1.82) is 0 Å². The highest BCUT2D eigenvalue weighted by atomic mass is 32.2. The van der Waals surface area contributed by atoms with Crippen molar-refractivity contribution < 1.29 is 17.6 Å². The first-order valence-corrected chi connectivity index (χ1v) is 11.0. The van der Waals surface area contributed by atoms with Gasteiger partial charge in [-0.3, -0.25) is 9.69 Å². The molecule has 1 heterocycles. The van der Waals surface area contributed by atoms with Crippen molar-refractivity contribution in [3.63, 3.8) is 0 Å². The molecule has 2 aromatic rings. The molecule has 8 heteroatoms. The molecule has 1 fully saturated rings. The molecule has 0 bridgehead atoms. The smallest absolute Gasteiger partial charge is 0.243 e. The summed E-state index contributed by atoms with van der Waals surface area (Å²) in [5, 5.41) is 0. The molecular formula is C21H26FN3O3S.